The molecule has 7 nitrogen and oxygen atoms in total. The first-order valence-corrected chi connectivity index (χ1v) is 10.4. The summed E-state index contributed by atoms with van der Waals surface area (Å²) in [6.07, 6.45) is 0.374. The summed E-state index contributed by atoms with van der Waals surface area (Å²) in [5, 5.41) is 1.04. The van der Waals surface area contributed by atoms with Crippen molar-refractivity contribution < 1.29 is 28.1 Å². The van der Waals surface area contributed by atoms with Gasteiger partial charge in [0.05, 0.1) is 23.5 Å². The lowest BCUT2D eigenvalue weighted by Crippen LogP contribution is -2.15. The van der Waals surface area contributed by atoms with Gasteiger partial charge >= 0.3 is 11.9 Å². The Labute approximate surface area is 166 Å². The molecule has 0 unspecified atom stereocenters. The zero-order chi connectivity index (χ0) is 20.5. The Hall–Kier alpha value is -2.08. The number of hydrogen-bond acceptors (Lipinski definition) is 7. The summed E-state index contributed by atoms with van der Waals surface area (Å²) < 4.78 is 21.3. The molecule has 1 aromatic carbocycles. The monoisotopic (exact) mass is 407 g/mol. The van der Waals surface area contributed by atoms with E-state index < -0.39 is 8.38 Å². The Balaban J connectivity index is 1.98. The van der Waals surface area contributed by atoms with Gasteiger partial charge in [0.2, 0.25) is 0 Å². The molecule has 1 aromatic heterocycles. The van der Waals surface area contributed by atoms with Crippen LogP contribution in [0.2, 0.25) is 0 Å². The van der Waals surface area contributed by atoms with E-state index in [0.29, 0.717) is 6.16 Å². The normalized spacial score (nSPS) is 11.4. The third-order valence-electron chi connectivity index (χ3n) is 3.69. The first-order chi connectivity index (χ1) is 13.4. The highest BCUT2D eigenvalue weighted by molar-refractivity contribution is 7.46. The van der Waals surface area contributed by atoms with Crippen molar-refractivity contribution in [3.8, 4) is 0 Å². The fraction of sp³-hybridized carbons (Fsp3) is 0.450. The lowest BCUT2D eigenvalue weighted by Gasteiger charge is -2.18. The van der Waals surface area contributed by atoms with Crippen LogP contribution in [0.25, 0.3) is 10.9 Å². The van der Waals surface area contributed by atoms with Crippen molar-refractivity contribution in [2.75, 3.05) is 13.6 Å². The van der Waals surface area contributed by atoms with Crippen LogP contribution in [0.1, 0.15) is 33.4 Å². The smallest absolute Gasteiger partial charge is 0.310 e. The van der Waals surface area contributed by atoms with E-state index in [1.807, 2.05) is 36.4 Å². The van der Waals surface area contributed by atoms with E-state index >= 15 is 0 Å². The van der Waals surface area contributed by atoms with Gasteiger partial charge in [0.1, 0.15) is 0 Å². The van der Waals surface area contributed by atoms with Gasteiger partial charge in [-0.2, -0.15) is 0 Å². The van der Waals surface area contributed by atoms with E-state index in [9.17, 15) is 9.59 Å². The first-order valence-electron chi connectivity index (χ1n) is 9.08. The summed E-state index contributed by atoms with van der Waals surface area (Å²) in [6.45, 7) is 6.51. The van der Waals surface area contributed by atoms with E-state index in [4.69, 9.17) is 18.5 Å². The van der Waals surface area contributed by atoms with E-state index in [0.717, 1.165) is 16.6 Å². The third kappa shape index (κ3) is 7.15. The van der Waals surface area contributed by atoms with Crippen LogP contribution in [0, 0.1) is 11.8 Å². The average molecular weight is 407 g/mol. The molecule has 0 amide bonds. The van der Waals surface area contributed by atoms with Gasteiger partial charge in [-0.05, 0) is 12.1 Å². The van der Waals surface area contributed by atoms with Crippen molar-refractivity contribution >= 4 is 31.2 Å². The highest BCUT2D eigenvalue weighted by atomic mass is 31.2. The standard InChI is InChI=1S/C20H26NO6P/c1-14(2)19(22)24-12-26-28(27-13-25-20(23)15(3)4)11-17-10-9-16-7-5-6-8-18(16)21-17/h5-10,14-15H,11-13H2,1-4H3. The summed E-state index contributed by atoms with van der Waals surface area (Å²) in [6, 6.07) is 11.7. The highest BCUT2D eigenvalue weighted by Crippen LogP contribution is 2.42. The highest BCUT2D eigenvalue weighted by Gasteiger charge is 2.17. The van der Waals surface area contributed by atoms with Crippen LogP contribution in [-0.2, 0) is 34.3 Å². The van der Waals surface area contributed by atoms with Crippen molar-refractivity contribution in [2.24, 2.45) is 11.8 Å². The molecule has 2 aromatic rings. The van der Waals surface area contributed by atoms with Gasteiger partial charge in [-0.15, -0.1) is 0 Å². The molecular weight excluding hydrogens is 381 g/mol. The Morgan fingerprint density at radius 3 is 2.04 bits per heavy atom. The molecule has 0 aliphatic rings. The maximum Gasteiger partial charge on any atom is 0.310 e. The Morgan fingerprint density at radius 2 is 1.46 bits per heavy atom. The van der Waals surface area contributed by atoms with E-state index in [-0.39, 0.29) is 37.4 Å². The molecule has 152 valence electrons. The number of carbonyl (C=O) groups is 2. The number of fused-ring (bicyclic) bond motifs is 1. The number of nitrogens with zero attached hydrogens (tertiary/aromatic N) is 1. The van der Waals surface area contributed by atoms with Crippen LogP contribution in [0.4, 0.5) is 0 Å². The number of hydrogen-bond donors (Lipinski definition) is 0. The van der Waals surface area contributed by atoms with Gasteiger partial charge in [-0.1, -0.05) is 52.0 Å². The zero-order valence-corrected chi connectivity index (χ0v) is 17.5. The molecule has 0 atom stereocenters. The van der Waals surface area contributed by atoms with Gasteiger partial charge in [0.25, 0.3) is 0 Å². The molecule has 2 rings (SSSR count). The Bertz CT molecular complexity index is 769. The average Bonchev–Trinajstić information content (AvgIpc) is 2.67. The second kappa shape index (κ2) is 11.1. The van der Waals surface area contributed by atoms with Crippen LogP contribution in [0.3, 0.4) is 0 Å². The number of aromatic nitrogens is 1. The van der Waals surface area contributed by atoms with Gasteiger partial charge in [-0.25, -0.2) is 0 Å². The minimum Gasteiger partial charge on any atom is -0.438 e. The van der Waals surface area contributed by atoms with Crippen LogP contribution in [0.15, 0.2) is 36.4 Å². The summed E-state index contributed by atoms with van der Waals surface area (Å²) in [7, 11) is -1.51. The zero-order valence-electron chi connectivity index (χ0n) is 16.6. The topological polar surface area (TPSA) is 84.0 Å². The molecular formula is C20H26NO6P. The number of benzene rings is 1. The van der Waals surface area contributed by atoms with Crippen LogP contribution in [0.5, 0.6) is 0 Å². The molecule has 0 aliphatic carbocycles. The second-order valence-electron chi connectivity index (χ2n) is 6.72. The number of rotatable bonds is 10. The van der Waals surface area contributed by atoms with Crippen molar-refractivity contribution in [2.45, 2.75) is 33.9 Å². The lowest BCUT2D eigenvalue weighted by molar-refractivity contribution is -0.155. The van der Waals surface area contributed by atoms with Crippen LogP contribution < -0.4 is 0 Å². The van der Waals surface area contributed by atoms with Crippen molar-refractivity contribution in [1.82, 2.24) is 4.98 Å². The fourth-order valence-corrected chi connectivity index (χ4v) is 3.12. The molecule has 1 heterocycles. The number of ether oxygens (including phenoxy) is 2. The number of pyridine rings is 1. The van der Waals surface area contributed by atoms with Gasteiger partial charge in [0.15, 0.2) is 22.0 Å². The molecule has 0 N–H and O–H groups in total. The summed E-state index contributed by atoms with van der Waals surface area (Å²) in [5.41, 5.74) is 1.64. The molecule has 0 radical (unpaired) electrons. The maximum absolute atomic E-state index is 11.6. The number of carbonyl (C=O) groups excluding carboxylic acids is 2. The molecule has 0 spiro atoms. The first kappa shape index (κ1) is 22.2. The fourth-order valence-electron chi connectivity index (χ4n) is 2.08. The Morgan fingerprint density at radius 1 is 0.893 bits per heavy atom. The van der Waals surface area contributed by atoms with Crippen LogP contribution in [-0.4, -0.2) is 30.5 Å². The number of esters is 2. The molecule has 0 fully saturated rings. The lowest BCUT2D eigenvalue weighted by atomic mass is 10.2. The maximum atomic E-state index is 11.6. The minimum atomic E-state index is -1.51. The van der Waals surface area contributed by atoms with E-state index in [1.165, 1.54) is 0 Å². The Kier molecular flexibility index (Phi) is 8.77. The largest absolute Gasteiger partial charge is 0.438 e. The molecule has 28 heavy (non-hydrogen) atoms. The quantitative estimate of drug-likeness (QED) is 0.328. The van der Waals surface area contributed by atoms with Gasteiger partial charge in [-0.3, -0.25) is 23.6 Å². The van der Waals surface area contributed by atoms with E-state index in [2.05, 4.69) is 4.98 Å². The molecule has 8 heteroatoms. The summed E-state index contributed by atoms with van der Waals surface area (Å²) >= 11 is 0. The van der Waals surface area contributed by atoms with Gasteiger partial charge < -0.3 is 9.47 Å². The minimum absolute atomic E-state index is 0.228. The SMILES string of the molecule is CC(C)C(=O)OCOP(Cc1ccc2ccccc2n1)OCOC(=O)C(C)C. The molecule has 0 aliphatic heterocycles. The molecule has 0 bridgehead atoms. The predicted molar refractivity (Wildman–Crippen MR) is 106 cm³/mol. The van der Waals surface area contributed by atoms with Crippen molar-refractivity contribution in [3.63, 3.8) is 0 Å². The van der Waals surface area contributed by atoms with E-state index in [1.54, 1.807) is 27.7 Å². The van der Waals surface area contributed by atoms with Crippen molar-refractivity contribution in [1.29, 1.82) is 0 Å². The predicted octanol–water partition coefficient (Wildman–Crippen LogP) is 4.39. The second-order valence-corrected chi connectivity index (χ2v) is 8.21. The molecule has 0 saturated heterocycles. The summed E-state index contributed by atoms with van der Waals surface area (Å²) in [4.78, 5) is 27.8. The number of para-hydroxylation sites is 1. The third-order valence-corrected chi connectivity index (χ3v) is 5.05. The molecule has 0 saturated carbocycles. The van der Waals surface area contributed by atoms with Crippen LogP contribution >= 0.6 is 8.38 Å². The van der Waals surface area contributed by atoms with Gasteiger partial charge in [0, 0.05) is 11.1 Å². The van der Waals surface area contributed by atoms with Crippen molar-refractivity contribution in [3.05, 3.63) is 42.1 Å². The summed E-state index contributed by atoms with van der Waals surface area (Å²) in [5.74, 6) is -1.20.